The summed E-state index contributed by atoms with van der Waals surface area (Å²) in [6, 6.07) is 0. The number of unbranched alkanes of at least 4 members (excludes halogenated alkanes) is 16. The molecule has 0 aliphatic heterocycles. The molecule has 0 radical (unpaired) electrons. The Kier molecular flexibility index (Phi) is 41.1. The average Bonchev–Trinajstić information content (AvgIpc) is 3.22. The maximum absolute atomic E-state index is 12.8. The fraction of sp³-hybridized carbons (Fsp3) is 0.712. The standard InChI is InChI=1S/C52H89NO8/c1-6-8-10-12-14-16-18-20-22-23-24-25-26-27-29-31-33-35-37-39-41-43-50(55)61-48(47-60-52(51(56)57)58-45-44-53(3,4)5)46-59-49(54)42-40-38-36-34-32-30-28-21-19-17-15-13-11-9-7-2/h8,10,14,16,20,22,24-25,27,29,33,35,48,52H,6-7,9,11-13,15,17-19,21,23,26,28,30-32,34,36-47H2,1-5H3/p+1/b10-8-,16-14-,22-20-,25-24-,29-27-,35-33-. The number of esters is 2. The summed E-state index contributed by atoms with van der Waals surface area (Å²) in [6.07, 6.45) is 51.1. The predicted octanol–water partition coefficient (Wildman–Crippen LogP) is 13.1. The Balaban J connectivity index is 4.49. The van der Waals surface area contributed by atoms with Crippen LogP contribution in [0, 0.1) is 0 Å². The van der Waals surface area contributed by atoms with E-state index in [0.717, 1.165) is 70.6 Å². The maximum atomic E-state index is 12.8. The minimum absolute atomic E-state index is 0.177. The van der Waals surface area contributed by atoms with Gasteiger partial charge in [0.05, 0.1) is 34.4 Å². The van der Waals surface area contributed by atoms with E-state index in [9.17, 15) is 19.5 Å². The van der Waals surface area contributed by atoms with E-state index in [1.807, 2.05) is 21.1 Å². The molecule has 0 heterocycles. The maximum Gasteiger partial charge on any atom is 0.361 e. The molecule has 2 atom stereocenters. The number of hydrogen-bond acceptors (Lipinski definition) is 7. The molecule has 0 spiro atoms. The van der Waals surface area contributed by atoms with Crippen molar-refractivity contribution in [2.75, 3.05) is 47.5 Å². The molecular formula is C52H90NO8+. The van der Waals surface area contributed by atoms with Gasteiger partial charge in [-0.25, -0.2) is 4.79 Å². The Morgan fingerprint density at radius 3 is 1.39 bits per heavy atom. The van der Waals surface area contributed by atoms with Crippen LogP contribution >= 0.6 is 0 Å². The molecule has 0 aliphatic rings. The van der Waals surface area contributed by atoms with Crippen molar-refractivity contribution in [3.8, 4) is 0 Å². The number of ether oxygens (including phenoxy) is 4. The van der Waals surface area contributed by atoms with Gasteiger partial charge in [-0.05, 0) is 64.2 Å². The first-order valence-electron chi connectivity index (χ1n) is 24.1. The SMILES string of the molecule is CC/C=C\C/C=C\C/C=C\C/C=C\C/C=C\C/C=C\CCCCC(=O)OC(COC(=O)CCCCCCCCCCCCCCCCC)COC(OCC[N+](C)(C)C)C(=O)O. The number of likely N-dealkylation sites (N-methyl/N-ethyl adjacent to an activating group) is 1. The summed E-state index contributed by atoms with van der Waals surface area (Å²) in [7, 11) is 5.94. The molecule has 0 aromatic rings. The van der Waals surface area contributed by atoms with E-state index in [1.165, 1.54) is 77.0 Å². The molecule has 0 bridgehead atoms. The molecule has 2 unspecified atom stereocenters. The highest BCUT2D eigenvalue weighted by Gasteiger charge is 2.25. The molecule has 0 saturated heterocycles. The number of nitrogens with zero attached hydrogens (tertiary/aromatic N) is 1. The van der Waals surface area contributed by atoms with Gasteiger partial charge in [0.25, 0.3) is 6.29 Å². The number of carbonyl (C=O) groups is 3. The molecule has 0 saturated carbocycles. The summed E-state index contributed by atoms with van der Waals surface area (Å²) in [5, 5.41) is 9.65. The minimum atomic E-state index is -1.52. The number of quaternary nitrogens is 1. The molecule has 0 rings (SSSR count). The van der Waals surface area contributed by atoms with Gasteiger partial charge in [0.15, 0.2) is 6.10 Å². The molecular weight excluding hydrogens is 767 g/mol. The highest BCUT2D eigenvalue weighted by Crippen LogP contribution is 2.14. The van der Waals surface area contributed by atoms with Gasteiger partial charge >= 0.3 is 17.9 Å². The first-order valence-corrected chi connectivity index (χ1v) is 24.1. The molecule has 0 aromatic carbocycles. The lowest BCUT2D eigenvalue weighted by atomic mass is 10.0. The van der Waals surface area contributed by atoms with Crippen molar-refractivity contribution >= 4 is 17.9 Å². The fourth-order valence-electron chi connectivity index (χ4n) is 6.25. The summed E-state index contributed by atoms with van der Waals surface area (Å²) in [5.41, 5.74) is 0. The molecule has 0 amide bonds. The summed E-state index contributed by atoms with van der Waals surface area (Å²) in [6.45, 7) is 4.70. The van der Waals surface area contributed by atoms with Crippen LogP contribution in [-0.2, 0) is 33.3 Å². The molecule has 350 valence electrons. The van der Waals surface area contributed by atoms with Crippen molar-refractivity contribution in [3.05, 3.63) is 72.9 Å². The number of aliphatic carboxylic acids is 1. The van der Waals surface area contributed by atoms with Crippen LogP contribution in [0.4, 0.5) is 0 Å². The fourth-order valence-corrected chi connectivity index (χ4v) is 6.25. The van der Waals surface area contributed by atoms with E-state index in [2.05, 4.69) is 86.8 Å². The smallest absolute Gasteiger partial charge is 0.361 e. The number of hydrogen-bond donors (Lipinski definition) is 1. The lowest BCUT2D eigenvalue weighted by Crippen LogP contribution is -2.40. The van der Waals surface area contributed by atoms with Crippen molar-refractivity contribution in [1.29, 1.82) is 0 Å². The van der Waals surface area contributed by atoms with Crippen LogP contribution in [0.15, 0.2) is 72.9 Å². The lowest BCUT2D eigenvalue weighted by Gasteiger charge is -2.25. The van der Waals surface area contributed by atoms with Crippen molar-refractivity contribution in [3.63, 3.8) is 0 Å². The number of carboxylic acids is 1. The zero-order chi connectivity index (χ0) is 44.9. The van der Waals surface area contributed by atoms with Gasteiger partial charge in [0.2, 0.25) is 0 Å². The van der Waals surface area contributed by atoms with Crippen LogP contribution in [0.25, 0.3) is 0 Å². The molecule has 61 heavy (non-hydrogen) atoms. The summed E-state index contributed by atoms with van der Waals surface area (Å²) in [4.78, 5) is 37.2. The van der Waals surface area contributed by atoms with E-state index >= 15 is 0 Å². The molecule has 0 aromatic heterocycles. The number of rotatable bonds is 43. The zero-order valence-electron chi connectivity index (χ0n) is 39.5. The van der Waals surface area contributed by atoms with Crippen molar-refractivity contribution in [2.45, 2.75) is 193 Å². The molecule has 9 nitrogen and oxygen atoms in total. The van der Waals surface area contributed by atoms with Crippen LogP contribution in [0.5, 0.6) is 0 Å². The minimum Gasteiger partial charge on any atom is -0.477 e. The summed E-state index contributed by atoms with van der Waals surface area (Å²) < 4.78 is 22.7. The molecule has 9 heteroatoms. The first-order chi connectivity index (χ1) is 29.6. The van der Waals surface area contributed by atoms with Gasteiger partial charge in [-0.15, -0.1) is 0 Å². The van der Waals surface area contributed by atoms with Crippen LogP contribution < -0.4 is 0 Å². The van der Waals surface area contributed by atoms with Gasteiger partial charge in [-0.2, -0.15) is 0 Å². The molecule has 0 fully saturated rings. The topological polar surface area (TPSA) is 108 Å². The Morgan fingerprint density at radius 2 is 0.934 bits per heavy atom. The van der Waals surface area contributed by atoms with Crippen LogP contribution in [-0.4, -0.2) is 87.4 Å². The average molecular weight is 857 g/mol. The van der Waals surface area contributed by atoms with Gasteiger partial charge in [0.1, 0.15) is 13.2 Å². The Labute approximate surface area is 373 Å². The first kappa shape index (κ1) is 57.7. The quantitative estimate of drug-likeness (QED) is 0.0212. The van der Waals surface area contributed by atoms with Crippen LogP contribution in [0.3, 0.4) is 0 Å². The van der Waals surface area contributed by atoms with Gasteiger partial charge in [0, 0.05) is 12.8 Å². The highest BCUT2D eigenvalue weighted by molar-refractivity contribution is 5.71. The zero-order valence-corrected chi connectivity index (χ0v) is 39.5. The Morgan fingerprint density at radius 1 is 0.508 bits per heavy atom. The van der Waals surface area contributed by atoms with E-state index in [-0.39, 0.29) is 32.2 Å². The largest absolute Gasteiger partial charge is 0.477 e. The molecule has 1 N–H and O–H groups in total. The third-order valence-electron chi connectivity index (χ3n) is 9.98. The second kappa shape index (κ2) is 43.4. The molecule has 0 aliphatic carbocycles. The summed E-state index contributed by atoms with van der Waals surface area (Å²) >= 11 is 0. The number of carboxylic acid groups (broad SMARTS) is 1. The van der Waals surface area contributed by atoms with E-state index in [0.29, 0.717) is 23.9 Å². The van der Waals surface area contributed by atoms with Gasteiger partial charge in [-0.3, -0.25) is 9.59 Å². The van der Waals surface area contributed by atoms with Gasteiger partial charge < -0.3 is 28.5 Å². The second-order valence-corrected chi connectivity index (χ2v) is 17.0. The van der Waals surface area contributed by atoms with Crippen LogP contribution in [0.2, 0.25) is 0 Å². The Hall–Kier alpha value is -3.27. The predicted molar refractivity (Wildman–Crippen MR) is 253 cm³/mol. The summed E-state index contributed by atoms with van der Waals surface area (Å²) in [5.74, 6) is -2.07. The van der Waals surface area contributed by atoms with Crippen molar-refractivity contribution in [1.82, 2.24) is 0 Å². The lowest BCUT2D eigenvalue weighted by molar-refractivity contribution is -0.870. The van der Waals surface area contributed by atoms with E-state index in [1.54, 1.807) is 0 Å². The monoisotopic (exact) mass is 857 g/mol. The Bertz CT molecular complexity index is 1230. The van der Waals surface area contributed by atoms with E-state index < -0.39 is 24.3 Å². The number of allylic oxidation sites excluding steroid dienone is 12. The second-order valence-electron chi connectivity index (χ2n) is 17.0. The van der Waals surface area contributed by atoms with Gasteiger partial charge in [-0.1, -0.05) is 177 Å². The third-order valence-corrected chi connectivity index (χ3v) is 9.98. The van der Waals surface area contributed by atoms with Crippen molar-refractivity contribution in [2.24, 2.45) is 0 Å². The third kappa shape index (κ3) is 44.6. The number of carbonyl (C=O) groups excluding carboxylic acids is 2. The highest BCUT2D eigenvalue weighted by atomic mass is 16.7. The van der Waals surface area contributed by atoms with Crippen molar-refractivity contribution < 1.29 is 42.9 Å². The van der Waals surface area contributed by atoms with Crippen LogP contribution in [0.1, 0.15) is 181 Å². The van der Waals surface area contributed by atoms with E-state index in [4.69, 9.17) is 18.9 Å². The normalized spacial score (nSPS) is 13.5.